The molecule has 0 saturated heterocycles. The van der Waals surface area contributed by atoms with Gasteiger partial charge in [0, 0.05) is 7.11 Å². The maximum absolute atomic E-state index is 9.76. The highest BCUT2D eigenvalue weighted by Gasteiger charge is 2.16. The van der Waals surface area contributed by atoms with Crippen molar-refractivity contribution in [3.05, 3.63) is 0 Å². The first-order chi connectivity index (χ1) is 9.35. The van der Waals surface area contributed by atoms with E-state index in [9.17, 15) is 5.11 Å². The maximum atomic E-state index is 9.76. The van der Waals surface area contributed by atoms with Crippen LogP contribution in [-0.4, -0.2) is 64.1 Å². The third kappa shape index (κ3) is 14.2. The lowest BCUT2D eigenvalue weighted by atomic mass is 9.89. The molecule has 5 nitrogen and oxygen atoms in total. The normalized spacial score (nSPS) is 15.3. The number of methoxy groups -OCH3 is 1. The minimum Gasteiger partial charge on any atom is -0.391 e. The minimum absolute atomic E-state index is 0.0370. The average molecular weight is 292 g/mol. The zero-order valence-electron chi connectivity index (χ0n) is 13.7. The van der Waals surface area contributed by atoms with Gasteiger partial charge < -0.3 is 24.1 Å². The highest BCUT2D eigenvalue weighted by molar-refractivity contribution is 4.67. The first kappa shape index (κ1) is 19.8. The molecule has 2 unspecified atom stereocenters. The molecule has 0 aromatic rings. The molecule has 0 bridgehead atoms. The summed E-state index contributed by atoms with van der Waals surface area (Å²) >= 11 is 0. The van der Waals surface area contributed by atoms with Gasteiger partial charge in [-0.1, -0.05) is 20.8 Å². The van der Waals surface area contributed by atoms with Crippen molar-refractivity contribution >= 4 is 0 Å². The monoisotopic (exact) mass is 292 g/mol. The van der Waals surface area contributed by atoms with Crippen molar-refractivity contribution in [3.8, 4) is 0 Å². The Bertz CT molecular complexity index is 215. The smallest absolute Gasteiger partial charge is 0.0781 e. The summed E-state index contributed by atoms with van der Waals surface area (Å²) in [5.74, 6) is 0. The molecule has 0 aliphatic carbocycles. The summed E-state index contributed by atoms with van der Waals surface area (Å²) in [7, 11) is 1.65. The van der Waals surface area contributed by atoms with E-state index in [1.54, 1.807) is 7.11 Å². The summed E-state index contributed by atoms with van der Waals surface area (Å²) in [6, 6.07) is 0. The Morgan fingerprint density at radius 1 is 0.950 bits per heavy atom. The summed E-state index contributed by atoms with van der Waals surface area (Å²) in [6.07, 6.45) is 0.359. The van der Waals surface area contributed by atoms with Crippen LogP contribution in [-0.2, 0) is 18.9 Å². The van der Waals surface area contributed by atoms with E-state index in [1.807, 2.05) is 6.92 Å². The fourth-order valence-corrected chi connectivity index (χ4v) is 1.73. The lowest BCUT2D eigenvalue weighted by Gasteiger charge is -2.22. The van der Waals surface area contributed by atoms with Gasteiger partial charge in [0.2, 0.25) is 0 Å². The quantitative estimate of drug-likeness (QED) is 0.557. The predicted molar refractivity (Wildman–Crippen MR) is 79.0 cm³/mol. The summed E-state index contributed by atoms with van der Waals surface area (Å²) in [6.45, 7) is 11.4. The first-order valence-electron chi connectivity index (χ1n) is 7.29. The SMILES string of the molecule is COCCOCC(C)OCCOCC(O)CC(C)(C)C. The highest BCUT2D eigenvalue weighted by Crippen LogP contribution is 2.20. The molecular formula is C15H32O5. The van der Waals surface area contributed by atoms with Crippen LogP contribution in [0.3, 0.4) is 0 Å². The van der Waals surface area contributed by atoms with E-state index in [-0.39, 0.29) is 11.5 Å². The first-order valence-corrected chi connectivity index (χ1v) is 7.29. The second-order valence-corrected chi connectivity index (χ2v) is 6.24. The standard InChI is InChI=1S/C15H32O5/c1-13(11-18-7-6-17-5)20-9-8-19-12-14(16)10-15(2,3)4/h13-14,16H,6-12H2,1-5H3. The molecular weight excluding hydrogens is 260 g/mol. The number of hydrogen-bond donors (Lipinski definition) is 1. The Kier molecular flexibility index (Phi) is 11.3. The zero-order chi connectivity index (χ0) is 15.4. The van der Waals surface area contributed by atoms with Crippen molar-refractivity contribution in [2.75, 3.05) is 46.8 Å². The largest absolute Gasteiger partial charge is 0.391 e. The fourth-order valence-electron chi connectivity index (χ4n) is 1.73. The van der Waals surface area contributed by atoms with Crippen molar-refractivity contribution in [1.82, 2.24) is 0 Å². The van der Waals surface area contributed by atoms with Crippen molar-refractivity contribution in [2.24, 2.45) is 5.41 Å². The van der Waals surface area contributed by atoms with Crippen LogP contribution in [0.5, 0.6) is 0 Å². The van der Waals surface area contributed by atoms with Crippen LogP contribution >= 0.6 is 0 Å². The molecule has 0 aromatic carbocycles. The van der Waals surface area contributed by atoms with Crippen LogP contribution in [0.4, 0.5) is 0 Å². The molecule has 20 heavy (non-hydrogen) atoms. The Morgan fingerprint density at radius 2 is 1.55 bits per heavy atom. The number of rotatable bonds is 12. The Labute approximate surface area is 123 Å². The van der Waals surface area contributed by atoms with E-state index in [0.717, 1.165) is 6.42 Å². The molecule has 0 spiro atoms. The second-order valence-electron chi connectivity index (χ2n) is 6.24. The van der Waals surface area contributed by atoms with E-state index >= 15 is 0 Å². The van der Waals surface area contributed by atoms with Gasteiger partial charge >= 0.3 is 0 Å². The van der Waals surface area contributed by atoms with Crippen LogP contribution in [0.15, 0.2) is 0 Å². The molecule has 1 N–H and O–H groups in total. The predicted octanol–water partition coefficient (Wildman–Crippen LogP) is 1.87. The van der Waals surface area contributed by atoms with Crippen LogP contribution in [0.25, 0.3) is 0 Å². The van der Waals surface area contributed by atoms with Crippen molar-refractivity contribution in [1.29, 1.82) is 0 Å². The van der Waals surface area contributed by atoms with Crippen LogP contribution in [0.2, 0.25) is 0 Å². The third-order valence-electron chi connectivity index (χ3n) is 2.57. The topological polar surface area (TPSA) is 57.2 Å². The van der Waals surface area contributed by atoms with Gasteiger partial charge in [0.25, 0.3) is 0 Å². The lowest BCUT2D eigenvalue weighted by Crippen LogP contribution is -2.24. The Hall–Kier alpha value is -0.200. The molecule has 0 amide bonds. The number of aliphatic hydroxyl groups is 1. The minimum atomic E-state index is -0.412. The molecule has 0 fully saturated rings. The molecule has 0 aliphatic rings. The van der Waals surface area contributed by atoms with E-state index in [1.165, 1.54) is 0 Å². The molecule has 2 atom stereocenters. The summed E-state index contributed by atoms with van der Waals surface area (Å²) in [5.41, 5.74) is 0.118. The molecule has 0 aromatic heterocycles. The van der Waals surface area contributed by atoms with Crippen LogP contribution in [0.1, 0.15) is 34.1 Å². The zero-order valence-corrected chi connectivity index (χ0v) is 13.7. The van der Waals surface area contributed by atoms with Gasteiger partial charge in [-0.05, 0) is 18.8 Å². The van der Waals surface area contributed by atoms with E-state index < -0.39 is 6.10 Å². The Morgan fingerprint density at radius 3 is 2.15 bits per heavy atom. The average Bonchev–Trinajstić information content (AvgIpc) is 2.32. The molecule has 0 saturated carbocycles. The highest BCUT2D eigenvalue weighted by atomic mass is 16.6. The van der Waals surface area contributed by atoms with E-state index in [2.05, 4.69) is 20.8 Å². The fraction of sp³-hybridized carbons (Fsp3) is 1.00. The van der Waals surface area contributed by atoms with Gasteiger partial charge in [0.05, 0.1) is 51.8 Å². The van der Waals surface area contributed by atoms with Gasteiger partial charge in [-0.2, -0.15) is 0 Å². The molecule has 5 heteroatoms. The van der Waals surface area contributed by atoms with Crippen LogP contribution in [0, 0.1) is 5.41 Å². The maximum Gasteiger partial charge on any atom is 0.0781 e. The molecule has 0 radical (unpaired) electrons. The van der Waals surface area contributed by atoms with Gasteiger partial charge in [-0.15, -0.1) is 0 Å². The molecule has 0 heterocycles. The summed E-state index contributed by atoms with van der Waals surface area (Å²) in [4.78, 5) is 0. The number of aliphatic hydroxyl groups excluding tert-OH is 1. The van der Waals surface area contributed by atoms with Gasteiger partial charge in [0.15, 0.2) is 0 Å². The van der Waals surface area contributed by atoms with Crippen molar-refractivity contribution in [2.45, 2.75) is 46.3 Å². The second kappa shape index (κ2) is 11.5. The Balaban J connectivity index is 3.38. The van der Waals surface area contributed by atoms with Gasteiger partial charge in [-0.25, -0.2) is 0 Å². The number of ether oxygens (including phenoxy) is 4. The van der Waals surface area contributed by atoms with Gasteiger partial charge in [0.1, 0.15) is 0 Å². The third-order valence-corrected chi connectivity index (χ3v) is 2.57. The van der Waals surface area contributed by atoms with Crippen molar-refractivity contribution < 1.29 is 24.1 Å². The van der Waals surface area contributed by atoms with E-state index in [0.29, 0.717) is 39.6 Å². The molecule has 0 rings (SSSR count). The van der Waals surface area contributed by atoms with Crippen LogP contribution < -0.4 is 0 Å². The summed E-state index contributed by atoms with van der Waals surface area (Å²) < 4.78 is 21.2. The van der Waals surface area contributed by atoms with Crippen molar-refractivity contribution in [3.63, 3.8) is 0 Å². The van der Waals surface area contributed by atoms with Gasteiger partial charge in [-0.3, -0.25) is 0 Å². The molecule has 122 valence electrons. The lowest BCUT2D eigenvalue weighted by molar-refractivity contribution is -0.0490. The number of hydrogen-bond acceptors (Lipinski definition) is 5. The van der Waals surface area contributed by atoms with E-state index in [4.69, 9.17) is 18.9 Å². The summed E-state index contributed by atoms with van der Waals surface area (Å²) in [5, 5.41) is 9.76. The molecule has 0 aliphatic heterocycles.